The van der Waals surface area contributed by atoms with Crippen LogP contribution in [0.5, 0.6) is 0 Å². The van der Waals surface area contributed by atoms with Gasteiger partial charge in [-0.1, -0.05) is 13.2 Å². The van der Waals surface area contributed by atoms with E-state index in [1.807, 2.05) is 0 Å². The Morgan fingerprint density at radius 2 is 1.75 bits per heavy atom. The molecule has 7 nitrogen and oxygen atoms in total. The predicted octanol–water partition coefficient (Wildman–Crippen LogP) is 1.05. The van der Waals surface area contributed by atoms with E-state index in [0.29, 0.717) is 6.61 Å². The minimum Gasteiger partial charge on any atom is -0.463 e. The Hall–Kier alpha value is -2.70. The summed E-state index contributed by atoms with van der Waals surface area (Å²) < 4.78 is 12.6. The maximum atomic E-state index is 10.1. The Balaban J connectivity index is 0. The average Bonchev–Trinajstić information content (AvgIpc) is 2.74. The Kier molecular flexibility index (Phi) is 12.5. The first kappa shape index (κ1) is 19.6. The number of rotatable bonds is 3. The third-order valence-electron chi connectivity index (χ3n) is 1.26. The lowest BCUT2D eigenvalue weighted by molar-refractivity contribution is -0.150. The van der Waals surface area contributed by atoms with Gasteiger partial charge in [0.05, 0.1) is 12.9 Å². The van der Waals surface area contributed by atoms with Gasteiger partial charge in [0.1, 0.15) is 0 Å². The summed E-state index contributed by atoms with van der Waals surface area (Å²) in [5.41, 5.74) is 0. The van der Waals surface area contributed by atoms with Crippen LogP contribution in [0.2, 0.25) is 0 Å². The molecule has 7 heteroatoms. The molecule has 0 spiro atoms. The molecule has 0 amide bonds. The lowest BCUT2D eigenvalue weighted by Crippen LogP contribution is -1.97. The van der Waals surface area contributed by atoms with Crippen LogP contribution in [-0.2, 0) is 33.4 Å². The van der Waals surface area contributed by atoms with Gasteiger partial charge in [0.2, 0.25) is 0 Å². The zero-order valence-electron chi connectivity index (χ0n) is 11.3. The zero-order valence-corrected chi connectivity index (χ0v) is 11.3. The molecule has 1 aliphatic rings. The third kappa shape index (κ3) is 15.3. The highest BCUT2D eigenvalue weighted by atomic mass is 16.6. The lowest BCUT2D eigenvalue weighted by Gasteiger charge is -1.90. The van der Waals surface area contributed by atoms with Crippen LogP contribution in [0.25, 0.3) is 0 Å². The van der Waals surface area contributed by atoms with Crippen molar-refractivity contribution in [2.75, 3.05) is 6.61 Å². The summed E-state index contributed by atoms with van der Waals surface area (Å²) >= 11 is 0. The van der Waals surface area contributed by atoms with Crippen molar-refractivity contribution in [3.63, 3.8) is 0 Å². The van der Waals surface area contributed by atoms with Gasteiger partial charge in [-0.25, -0.2) is 14.4 Å². The second kappa shape index (κ2) is 12.7. The minimum atomic E-state index is -0.579. The van der Waals surface area contributed by atoms with Crippen LogP contribution < -0.4 is 0 Å². The average molecular weight is 284 g/mol. The van der Waals surface area contributed by atoms with Crippen molar-refractivity contribution in [3.8, 4) is 0 Å². The molecule has 110 valence electrons. The Morgan fingerprint density at radius 3 is 1.85 bits per heavy atom. The summed E-state index contributed by atoms with van der Waals surface area (Å²) in [7, 11) is 0. The van der Waals surface area contributed by atoms with E-state index >= 15 is 0 Å². The van der Waals surface area contributed by atoms with E-state index < -0.39 is 11.9 Å². The molecule has 0 fully saturated rings. The van der Waals surface area contributed by atoms with E-state index in [9.17, 15) is 19.2 Å². The smallest absolute Gasteiger partial charge is 0.338 e. The maximum Gasteiger partial charge on any atom is 0.338 e. The van der Waals surface area contributed by atoms with Crippen LogP contribution >= 0.6 is 0 Å². The fraction of sp³-hybridized carbons (Fsp3) is 0.231. The normalized spacial score (nSPS) is 10.9. The molecule has 0 aromatic heterocycles. The van der Waals surface area contributed by atoms with Crippen LogP contribution in [0.15, 0.2) is 37.6 Å². The number of ether oxygens (including phenoxy) is 3. The highest BCUT2D eigenvalue weighted by molar-refractivity contribution is 6.04. The predicted molar refractivity (Wildman–Crippen MR) is 69.0 cm³/mol. The van der Waals surface area contributed by atoms with Gasteiger partial charge < -0.3 is 14.2 Å². The topological polar surface area (TPSA) is 96.0 Å². The maximum absolute atomic E-state index is 10.1. The number of carbonyl (C=O) groups excluding carboxylic acids is 4. The monoisotopic (exact) mass is 284 g/mol. The molecule has 1 aliphatic heterocycles. The summed E-state index contributed by atoms with van der Waals surface area (Å²) in [6, 6.07) is 0. The summed E-state index contributed by atoms with van der Waals surface area (Å²) in [5.74, 6) is -1.84. The van der Waals surface area contributed by atoms with Crippen molar-refractivity contribution in [1.82, 2.24) is 0 Å². The van der Waals surface area contributed by atoms with Gasteiger partial charge >= 0.3 is 23.9 Å². The molecule has 1 heterocycles. The first-order valence-electron chi connectivity index (χ1n) is 5.38. The van der Waals surface area contributed by atoms with Crippen LogP contribution in [0, 0.1) is 0 Å². The molecule has 0 saturated carbocycles. The Bertz CT molecular complexity index is 391. The van der Waals surface area contributed by atoms with Gasteiger partial charge in [0.15, 0.2) is 0 Å². The molecular weight excluding hydrogens is 268 g/mol. The molecule has 0 N–H and O–H groups in total. The van der Waals surface area contributed by atoms with E-state index in [2.05, 4.69) is 27.4 Å². The second-order valence-electron chi connectivity index (χ2n) is 2.81. The van der Waals surface area contributed by atoms with E-state index in [0.717, 1.165) is 24.5 Å². The van der Waals surface area contributed by atoms with Crippen molar-refractivity contribution in [2.24, 2.45) is 0 Å². The quantitative estimate of drug-likeness (QED) is 0.251. The fourth-order valence-corrected chi connectivity index (χ4v) is 0.622. The first-order valence-corrected chi connectivity index (χ1v) is 5.38. The van der Waals surface area contributed by atoms with Gasteiger partial charge in [-0.3, -0.25) is 4.79 Å². The number of esters is 4. The largest absolute Gasteiger partial charge is 0.463 e. The number of hydrogen-bond acceptors (Lipinski definition) is 7. The van der Waals surface area contributed by atoms with E-state index in [1.54, 1.807) is 6.92 Å². The molecule has 0 atom stereocenters. The van der Waals surface area contributed by atoms with E-state index in [1.165, 1.54) is 6.92 Å². The van der Waals surface area contributed by atoms with Gasteiger partial charge in [-0.05, 0) is 6.92 Å². The molecule has 0 bridgehead atoms. The summed E-state index contributed by atoms with van der Waals surface area (Å²) in [6.07, 6.45) is 4.41. The standard InChI is InChI=1S/C5H8O2.C4H2O3.C4H6O2/c1-3-5(6)7-4-2;5-3-1-2-4(6)7-3;1-3-6-4(2)5/h3H,1,4H2,2H3;1-2H;3H,1H2,2H3. The van der Waals surface area contributed by atoms with Crippen molar-refractivity contribution in [2.45, 2.75) is 13.8 Å². The number of carbonyl (C=O) groups is 4. The van der Waals surface area contributed by atoms with Gasteiger partial charge in [-0.15, -0.1) is 0 Å². The van der Waals surface area contributed by atoms with Crippen molar-refractivity contribution in [1.29, 1.82) is 0 Å². The van der Waals surface area contributed by atoms with Crippen molar-refractivity contribution >= 4 is 23.9 Å². The van der Waals surface area contributed by atoms with Gasteiger partial charge in [-0.2, -0.15) is 0 Å². The highest BCUT2D eigenvalue weighted by Gasteiger charge is 2.10. The number of hydrogen-bond donors (Lipinski definition) is 0. The van der Waals surface area contributed by atoms with Crippen LogP contribution in [0.4, 0.5) is 0 Å². The van der Waals surface area contributed by atoms with E-state index in [-0.39, 0.29) is 11.9 Å². The molecule has 0 aromatic rings. The molecular formula is C13H16O7. The summed E-state index contributed by atoms with van der Waals surface area (Å²) in [4.78, 5) is 39.7. The van der Waals surface area contributed by atoms with Gasteiger partial charge in [0, 0.05) is 25.2 Å². The van der Waals surface area contributed by atoms with Crippen LogP contribution in [0.3, 0.4) is 0 Å². The third-order valence-corrected chi connectivity index (χ3v) is 1.26. The molecule has 20 heavy (non-hydrogen) atoms. The Labute approximate surface area is 116 Å². The molecule has 0 aliphatic carbocycles. The van der Waals surface area contributed by atoms with E-state index in [4.69, 9.17) is 0 Å². The first-order chi connectivity index (χ1) is 9.37. The Morgan fingerprint density at radius 1 is 1.25 bits per heavy atom. The molecule has 0 aromatic carbocycles. The van der Waals surface area contributed by atoms with Crippen molar-refractivity contribution < 1.29 is 33.4 Å². The molecule has 0 unspecified atom stereocenters. The highest BCUT2D eigenvalue weighted by Crippen LogP contribution is 1.92. The van der Waals surface area contributed by atoms with Crippen LogP contribution in [0.1, 0.15) is 13.8 Å². The van der Waals surface area contributed by atoms with Crippen molar-refractivity contribution in [3.05, 3.63) is 37.6 Å². The fourth-order valence-electron chi connectivity index (χ4n) is 0.622. The second-order valence-corrected chi connectivity index (χ2v) is 2.81. The molecule has 0 radical (unpaired) electrons. The molecule has 1 rings (SSSR count). The number of cyclic esters (lactones) is 2. The summed E-state index contributed by atoms with van der Waals surface area (Å²) in [6.45, 7) is 9.86. The summed E-state index contributed by atoms with van der Waals surface area (Å²) in [5, 5.41) is 0. The minimum absolute atomic E-state index is 0.329. The lowest BCUT2D eigenvalue weighted by atomic mass is 10.6. The SMILES string of the molecule is C=CC(=O)OCC.C=COC(C)=O.O=C1C=CC(=O)O1. The molecule has 0 saturated heterocycles. The van der Waals surface area contributed by atoms with Gasteiger partial charge in [0.25, 0.3) is 0 Å². The zero-order chi connectivity index (χ0) is 16.0. The van der Waals surface area contributed by atoms with Crippen LogP contribution in [-0.4, -0.2) is 30.5 Å².